The van der Waals surface area contributed by atoms with Gasteiger partial charge in [0.2, 0.25) is 0 Å². The average molecular weight is 312 g/mol. The smallest absolute Gasteiger partial charge is 0.161 e. The zero-order valence-corrected chi connectivity index (χ0v) is 14.8. The molecule has 0 amide bonds. The summed E-state index contributed by atoms with van der Waals surface area (Å²) in [5, 5.41) is 9.89. The van der Waals surface area contributed by atoms with E-state index >= 15 is 0 Å². The van der Waals surface area contributed by atoms with Crippen LogP contribution in [0.2, 0.25) is 0 Å². The summed E-state index contributed by atoms with van der Waals surface area (Å²) in [6.45, 7) is 8.60. The monoisotopic (exact) mass is 312 g/mol. The summed E-state index contributed by atoms with van der Waals surface area (Å²) in [7, 11) is 3.41. The molecule has 1 saturated heterocycles. The lowest BCUT2D eigenvalue weighted by atomic mass is 9.66. The van der Waals surface area contributed by atoms with Gasteiger partial charge in [0.1, 0.15) is 5.60 Å². The number of fused-ring (bicyclic) bond motifs is 1. The number of ether oxygens (including phenoxy) is 3. The van der Waals surface area contributed by atoms with E-state index < -0.39 is 5.60 Å². The van der Waals surface area contributed by atoms with Crippen molar-refractivity contribution in [2.45, 2.75) is 58.5 Å². The molecule has 0 spiro atoms. The van der Waals surface area contributed by atoms with Gasteiger partial charge in [0.15, 0.2) is 6.29 Å². The second-order valence-electron chi connectivity index (χ2n) is 7.43. The van der Waals surface area contributed by atoms with Gasteiger partial charge in [-0.2, -0.15) is 0 Å². The van der Waals surface area contributed by atoms with Crippen LogP contribution in [-0.4, -0.2) is 43.9 Å². The first-order chi connectivity index (χ1) is 10.4. The minimum atomic E-state index is -0.728. The Morgan fingerprint density at radius 3 is 2.55 bits per heavy atom. The molecule has 1 aliphatic carbocycles. The maximum absolute atomic E-state index is 9.89. The molecular formula is C18H32O4. The Bertz CT molecular complexity index is 406. The minimum absolute atomic E-state index is 0.0695. The molecule has 4 nitrogen and oxygen atoms in total. The molecule has 1 fully saturated rings. The van der Waals surface area contributed by atoms with Crippen LogP contribution in [0, 0.1) is 23.7 Å². The SMILES string of the molecule is CO[C@@H]1O[C@@](C)(CO)[C@@H](OC)C[C@H]2C(C)=CC[C@H](C(C)C)[C@@H]12. The van der Waals surface area contributed by atoms with Crippen molar-refractivity contribution in [1.29, 1.82) is 0 Å². The van der Waals surface area contributed by atoms with Crippen molar-refractivity contribution < 1.29 is 19.3 Å². The third-order valence-corrected chi connectivity index (χ3v) is 5.79. The molecule has 0 bridgehead atoms. The summed E-state index contributed by atoms with van der Waals surface area (Å²) in [4.78, 5) is 0. The highest BCUT2D eigenvalue weighted by molar-refractivity contribution is 5.14. The van der Waals surface area contributed by atoms with E-state index in [0.717, 1.165) is 12.8 Å². The van der Waals surface area contributed by atoms with Crippen LogP contribution in [0.3, 0.4) is 0 Å². The topological polar surface area (TPSA) is 47.9 Å². The van der Waals surface area contributed by atoms with Crippen molar-refractivity contribution in [1.82, 2.24) is 0 Å². The summed E-state index contributed by atoms with van der Waals surface area (Å²) < 4.78 is 17.7. The lowest BCUT2D eigenvalue weighted by Gasteiger charge is -2.42. The van der Waals surface area contributed by atoms with E-state index in [1.165, 1.54) is 5.57 Å². The molecule has 1 aliphatic heterocycles. The highest BCUT2D eigenvalue weighted by atomic mass is 16.7. The fraction of sp³-hybridized carbons (Fsp3) is 0.889. The van der Waals surface area contributed by atoms with E-state index in [4.69, 9.17) is 14.2 Å². The molecule has 1 heterocycles. The second kappa shape index (κ2) is 7.00. The molecule has 0 saturated carbocycles. The number of aliphatic hydroxyl groups excluding tert-OH is 1. The summed E-state index contributed by atoms with van der Waals surface area (Å²) >= 11 is 0. The summed E-state index contributed by atoms with van der Waals surface area (Å²) in [5.74, 6) is 1.78. The van der Waals surface area contributed by atoms with Crippen LogP contribution in [0.5, 0.6) is 0 Å². The van der Waals surface area contributed by atoms with E-state index in [2.05, 4.69) is 26.8 Å². The van der Waals surface area contributed by atoms with Crippen LogP contribution in [0.1, 0.15) is 40.5 Å². The van der Waals surface area contributed by atoms with Crippen molar-refractivity contribution in [2.24, 2.45) is 23.7 Å². The number of aliphatic hydroxyl groups is 1. The van der Waals surface area contributed by atoms with E-state index in [9.17, 15) is 5.11 Å². The van der Waals surface area contributed by atoms with E-state index in [1.807, 2.05) is 6.92 Å². The van der Waals surface area contributed by atoms with Gasteiger partial charge in [-0.25, -0.2) is 0 Å². The van der Waals surface area contributed by atoms with E-state index in [1.54, 1.807) is 14.2 Å². The Balaban J connectivity index is 2.43. The zero-order valence-electron chi connectivity index (χ0n) is 14.8. The molecule has 0 aromatic heterocycles. The van der Waals surface area contributed by atoms with Crippen molar-refractivity contribution in [3.05, 3.63) is 11.6 Å². The van der Waals surface area contributed by atoms with Gasteiger partial charge in [0.05, 0.1) is 12.7 Å². The molecular weight excluding hydrogens is 280 g/mol. The second-order valence-corrected chi connectivity index (χ2v) is 7.43. The van der Waals surface area contributed by atoms with Crippen LogP contribution in [0.4, 0.5) is 0 Å². The Morgan fingerprint density at radius 1 is 1.36 bits per heavy atom. The summed E-state index contributed by atoms with van der Waals surface area (Å²) in [5.41, 5.74) is 0.672. The molecule has 0 aromatic carbocycles. The van der Waals surface area contributed by atoms with Crippen LogP contribution in [0.25, 0.3) is 0 Å². The van der Waals surface area contributed by atoms with Gasteiger partial charge in [0.25, 0.3) is 0 Å². The third kappa shape index (κ3) is 3.12. The van der Waals surface area contributed by atoms with Crippen LogP contribution in [-0.2, 0) is 14.2 Å². The Hall–Kier alpha value is -0.420. The number of rotatable bonds is 4. The standard InChI is InChI=1S/C18H32O4/c1-11(2)13-8-7-12(3)14-9-15(20-5)18(4,10-19)22-17(21-6)16(13)14/h7,11,13-17,19H,8-10H2,1-6H3/t13-,14+,15+,16-,17-,18+/m1/s1. The first-order valence-electron chi connectivity index (χ1n) is 8.38. The number of hydrogen-bond donors (Lipinski definition) is 1. The Kier molecular flexibility index (Phi) is 5.70. The summed E-state index contributed by atoms with van der Waals surface area (Å²) in [6.07, 6.45) is 3.86. The van der Waals surface area contributed by atoms with Gasteiger partial charge >= 0.3 is 0 Å². The molecule has 2 aliphatic rings. The maximum Gasteiger partial charge on any atom is 0.161 e. The van der Waals surface area contributed by atoms with Crippen molar-refractivity contribution in [3.8, 4) is 0 Å². The molecule has 0 radical (unpaired) electrons. The van der Waals surface area contributed by atoms with Gasteiger partial charge in [0, 0.05) is 20.1 Å². The molecule has 6 atom stereocenters. The van der Waals surface area contributed by atoms with Gasteiger partial charge in [-0.05, 0) is 44.4 Å². The maximum atomic E-state index is 9.89. The number of hydrogen-bond acceptors (Lipinski definition) is 4. The van der Waals surface area contributed by atoms with Gasteiger partial charge in [-0.15, -0.1) is 0 Å². The lowest BCUT2D eigenvalue weighted by Crippen LogP contribution is -2.48. The minimum Gasteiger partial charge on any atom is -0.393 e. The largest absolute Gasteiger partial charge is 0.393 e. The van der Waals surface area contributed by atoms with E-state index in [0.29, 0.717) is 23.7 Å². The zero-order chi connectivity index (χ0) is 16.5. The van der Waals surface area contributed by atoms with Crippen LogP contribution >= 0.6 is 0 Å². The van der Waals surface area contributed by atoms with Gasteiger partial charge in [-0.1, -0.05) is 25.5 Å². The quantitative estimate of drug-likeness (QED) is 0.811. The predicted molar refractivity (Wildman–Crippen MR) is 86.5 cm³/mol. The molecule has 0 aromatic rings. The summed E-state index contributed by atoms with van der Waals surface area (Å²) in [6, 6.07) is 0. The first kappa shape index (κ1) is 17.9. The highest BCUT2D eigenvalue weighted by Gasteiger charge is 2.50. The van der Waals surface area contributed by atoms with Gasteiger partial charge < -0.3 is 19.3 Å². The fourth-order valence-corrected chi connectivity index (χ4v) is 4.27. The normalized spacial score (nSPS) is 42.7. The van der Waals surface area contributed by atoms with Crippen LogP contribution < -0.4 is 0 Å². The fourth-order valence-electron chi connectivity index (χ4n) is 4.27. The van der Waals surface area contributed by atoms with Crippen molar-refractivity contribution in [3.63, 3.8) is 0 Å². The van der Waals surface area contributed by atoms with Crippen LogP contribution in [0.15, 0.2) is 11.6 Å². The van der Waals surface area contributed by atoms with Gasteiger partial charge in [-0.3, -0.25) is 0 Å². The predicted octanol–water partition coefficient (Wildman–Crippen LogP) is 3.00. The average Bonchev–Trinajstić information content (AvgIpc) is 2.63. The van der Waals surface area contributed by atoms with E-state index in [-0.39, 0.29) is 19.0 Å². The first-order valence-corrected chi connectivity index (χ1v) is 8.38. The number of methoxy groups -OCH3 is 2. The molecule has 128 valence electrons. The Morgan fingerprint density at radius 2 is 2.05 bits per heavy atom. The molecule has 4 heteroatoms. The lowest BCUT2D eigenvalue weighted by molar-refractivity contribution is -0.251. The highest BCUT2D eigenvalue weighted by Crippen LogP contribution is 2.48. The third-order valence-electron chi connectivity index (χ3n) is 5.79. The molecule has 22 heavy (non-hydrogen) atoms. The molecule has 2 rings (SSSR count). The van der Waals surface area contributed by atoms with Crippen molar-refractivity contribution in [2.75, 3.05) is 20.8 Å². The molecule has 0 unspecified atom stereocenters. The number of allylic oxidation sites excluding steroid dienone is 2. The van der Waals surface area contributed by atoms with Crippen molar-refractivity contribution >= 4 is 0 Å². The molecule has 1 N–H and O–H groups in total. The Labute approximate surface area is 134 Å².